The molecule has 0 unspecified atom stereocenters. The summed E-state index contributed by atoms with van der Waals surface area (Å²) in [5.74, 6) is 0.0409. The number of halogens is 3. The minimum absolute atomic E-state index is 0.0409. The van der Waals surface area contributed by atoms with E-state index in [9.17, 15) is 18.0 Å². The zero-order valence-corrected chi connectivity index (χ0v) is 10.2. The van der Waals surface area contributed by atoms with Crippen LogP contribution in [0.1, 0.15) is 12.8 Å². The summed E-state index contributed by atoms with van der Waals surface area (Å²) in [4.78, 5) is 15.0. The molecule has 2 fully saturated rings. The van der Waals surface area contributed by atoms with E-state index in [1.54, 1.807) is 4.90 Å². The number of piperazine rings is 1. The van der Waals surface area contributed by atoms with Gasteiger partial charge in [-0.05, 0) is 19.4 Å². The van der Waals surface area contributed by atoms with Crippen LogP contribution in [0, 0.1) is 0 Å². The smallest absolute Gasteiger partial charge is 0.339 e. The summed E-state index contributed by atoms with van der Waals surface area (Å²) in [6.45, 7) is 1.37. The number of nitrogens with one attached hydrogen (secondary N) is 1. The van der Waals surface area contributed by atoms with Crippen molar-refractivity contribution >= 4 is 5.91 Å². The van der Waals surface area contributed by atoms with E-state index >= 15 is 0 Å². The third kappa shape index (κ3) is 3.58. The van der Waals surface area contributed by atoms with E-state index in [4.69, 9.17) is 0 Å². The second-order valence-electron chi connectivity index (χ2n) is 4.87. The van der Waals surface area contributed by atoms with Crippen molar-refractivity contribution in [3.05, 3.63) is 0 Å². The van der Waals surface area contributed by atoms with Crippen LogP contribution < -0.4 is 5.32 Å². The summed E-state index contributed by atoms with van der Waals surface area (Å²) in [6, 6.07) is -0.126. The van der Waals surface area contributed by atoms with E-state index in [0.29, 0.717) is 26.2 Å². The van der Waals surface area contributed by atoms with E-state index in [-0.39, 0.29) is 11.9 Å². The maximum Gasteiger partial charge on any atom is 0.401 e. The lowest BCUT2D eigenvalue weighted by Crippen LogP contribution is -2.54. The molecule has 18 heavy (non-hydrogen) atoms. The Bertz CT molecular complexity index is 294. The van der Waals surface area contributed by atoms with Gasteiger partial charge < -0.3 is 10.2 Å². The second-order valence-corrected chi connectivity index (χ2v) is 4.87. The van der Waals surface area contributed by atoms with Gasteiger partial charge in [-0.3, -0.25) is 9.69 Å². The van der Waals surface area contributed by atoms with Gasteiger partial charge in [0.25, 0.3) is 0 Å². The molecular weight excluding hydrogens is 247 g/mol. The maximum absolute atomic E-state index is 12.2. The molecule has 0 spiro atoms. The van der Waals surface area contributed by atoms with Gasteiger partial charge >= 0.3 is 6.18 Å². The maximum atomic E-state index is 12.2. The van der Waals surface area contributed by atoms with E-state index in [1.807, 2.05) is 0 Å². The molecule has 1 N–H and O–H groups in total. The molecule has 2 heterocycles. The molecule has 2 aliphatic rings. The van der Waals surface area contributed by atoms with E-state index in [1.165, 1.54) is 4.90 Å². The van der Waals surface area contributed by atoms with Gasteiger partial charge in [0.15, 0.2) is 0 Å². The van der Waals surface area contributed by atoms with Crippen molar-refractivity contribution in [1.29, 1.82) is 0 Å². The highest BCUT2D eigenvalue weighted by molar-refractivity contribution is 5.82. The monoisotopic (exact) mass is 265 g/mol. The number of amides is 1. The molecule has 104 valence electrons. The van der Waals surface area contributed by atoms with Crippen molar-refractivity contribution in [3.63, 3.8) is 0 Å². The summed E-state index contributed by atoms with van der Waals surface area (Å²) < 4.78 is 36.6. The van der Waals surface area contributed by atoms with Gasteiger partial charge in [-0.2, -0.15) is 13.2 Å². The predicted octanol–water partition coefficient (Wildman–Crippen LogP) is 0.445. The zero-order valence-electron chi connectivity index (χ0n) is 10.2. The molecule has 0 aromatic rings. The summed E-state index contributed by atoms with van der Waals surface area (Å²) in [7, 11) is 0. The summed E-state index contributed by atoms with van der Waals surface area (Å²) >= 11 is 0. The van der Waals surface area contributed by atoms with Crippen molar-refractivity contribution in [2.45, 2.75) is 25.1 Å². The summed E-state index contributed by atoms with van der Waals surface area (Å²) in [5, 5.41) is 3.12. The molecule has 1 amide bonds. The van der Waals surface area contributed by atoms with E-state index < -0.39 is 12.7 Å². The Morgan fingerprint density at radius 1 is 1.22 bits per heavy atom. The number of rotatable bonds is 2. The Kier molecular flexibility index (Phi) is 4.11. The second kappa shape index (κ2) is 5.44. The molecule has 0 bridgehead atoms. The molecule has 0 aromatic heterocycles. The third-order valence-corrected chi connectivity index (χ3v) is 3.45. The molecule has 0 aromatic carbocycles. The van der Waals surface area contributed by atoms with Gasteiger partial charge in [-0.1, -0.05) is 0 Å². The minimum atomic E-state index is -4.15. The highest BCUT2D eigenvalue weighted by atomic mass is 19.4. The van der Waals surface area contributed by atoms with Crippen molar-refractivity contribution in [2.24, 2.45) is 0 Å². The fraction of sp³-hybridized carbons (Fsp3) is 0.909. The van der Waals surface area contributed by atoms with Crippen molar-refractivity contribution < 1.29 is 18.0 Å². The lowest BCUT2D eigenvalue weighted by atomic mass is 10.2. The standard InChI is InChI=1S/C11H18F3N3O/c12-11(13,14)8-16-4-6-17(7-5-16)10(18)9-2-1-3-15-9/h9,15H,1-8H2/t9-/m1/s1. The van der Waals surface area contributed by atoms with Gasteiger partial charge in [0.1, 0.15) is 0 Å². The van der Waals surface area contributed by atoms with Crippen LogP contribution in [0.25, 0.3) is 0 Å². The number of nitrogens with zero attached hydrogens (tertiary/aromatic N) is 2. The van der Waals surface area contributed by atoms with Gasteiger partial charge in [-0.15, -0.1) is 0 Å². The van der Waals surface area contributed by atoms with Crippen LogP contribution in [0.5, 0.6) is 0 Å². The van der Waals surface area contributed by atoms with Crippen LogP contribution in [-0.4, -0.2) is 67.2 Å². The quantitative estimate of drug-likeness (QED) is 0.787. The van der Waals surface area contributed by atoms with E-state index in [0.717, 1.165) is 19.4 Å². The molecule has 4 nitrogen and oxygen atoms in total. The van der Waals surface area contributed by atoms with Gasteiger partial charge in [0.2, 0.25) is 5.91 Å². The third-order valence-electron chi connectivity index (χ3n) is 3.45. The fourth-order valence-electron chi connectivity index (χ4n) is 2.50. The highest BCUT2D eigenvalue weighted by Crippen LogP contribution is 2.18. The first kappa shape index (κ1) is 13.6. The van der Waals surface area contributed by atoms with Crippen LogP contribution in [0.2, 0.25) is 0 Å². The number of alkyl halides is 3. The molecule has 0 saturated carbocycles. The molecule has 2 rings (SSSR count). The SMILES string of the molecule is O=C([C@H]1CCCN1)N1CCN(CC(F)(F)F)CC1. The molecular formula is C11H18F3N3O. The topological polar surface area (TPSA) is 35.6 Å². The average Bonchev–Trinajstić information content (AvgIpc) is 2.80. The largest absolute Gasteiger partial charge is 0.401 e. The van der Waals surface area contributed by atoms with Crippen molar-refractivity contribution in [3.8, 4) is 0 Å². The van der Waals surface area contributed by atoms with Gasteiger partial charge in [0, 0.05) is 26.2 Å². The zero-order chi connectivity index (χ0) is 13.2. The Morgan fingerprint density at radius 2 is 1.89 bits per heavy atom. The first-order chi connectivity index (χ1) is 8.46. The van der Waals surface area contributed by atoms with Crippen molar-refractivity contribution in [1.82, 2.24) is 15.1 Å². The predicted molar refractivity (Wildman–Crippen MR) is 60.1 cm³/mol. The highest BCUT2D eigenvalue weighted by Gasteiger charge is 2.34. The minimum Gasteiger partial charge on any atom is -0.339 e. The van der Waals surface area contributed by atoms with Crippen LogP contribution in [0.15, 0.2) is 0 Å². The summed E-state index contributed by atoms with van der Waals surface area (Å²) in [5.41, 5.74) is 0. The lowest BCUT2D eigenvalue weighted by Gasteiger charge is -2.36. The Hall–Kier alpha value is -0.820. The molecule has 0 radical (unpaired) electrons. The molecule has 2 saturated heterocycles. The van der Waals surface area contributed by atoms with E-state index in [2.05, 4.69) is 5.32 Å². The Balaban J connectivity index is 1.77. The number of hydrogen-bond donors (Lipinski definition) is 1. The van der Waals surface area contributed by atoms with Crippen molar-refractivity contribution in [2.75, 3.05) is 39.3 Å². The van der Waals surface area contributed by atoms with Crippen LogP contribution >= 0.6 is 0 Å². The number of carbonyl (C=O) groups excluding carboxylic acids is 1. The lowest BCUT2D eigenvalue weighted by molar-refractivity contribution is -0.152. The molecule has 7 heteroatoms. The summed E-state index contributed by atoms with van der Waals surface area (Å²) in [6.07, 6.45) is -2.33. The Morgan fingerprint density at radius 3 is 2.39 bits per heavy atom. The van der Waals surface area contributed by atoms with Gasteiger partial charge in [0.05, 0.1) is 12.6 Å². The molecule has 0 aliphatic carbocycles. The van der Waals surface area contributed by atoms with Gasteiger partial charge in [-0.25, -0.2) is 0 Å². The van der Waals surface area contributed by atoms with Crippen LogP contribution in [-0.2, 0) is 4.79 Å². The first-order valence-corrected chi connectivity index (χ1v) is 6.27. The Labute approximate surface area is 104 Å². The van der Waals surface area contributed by atoms with Crippen LogP contribution in [0.4, 0.5) is 13.2 Å². The molecule has 1 atom stereocenters. The first-order valence-electron chi connectivity index (χ1n) is 6.27. The number of hydrogen-bond acceptors (Lipinski definition) is 3. The number of carbonyl (C=O) groups is 1. The van der Waals surface area contributed by atoms with Crippen LogP contribution in [0.3, 0.4) is 0 Å². The fourth-order valence-corrected chi connectivity index (χ4v) is 2.50. The normalized spacial score (nSPS) is 26.6. The average molecular weight is 265 g/mol. The molecule has 2 aliphatic heterocycles.